The molecular weight excluding hydrogens is 496 g/mol. The van der Waals surface area contributed by atoms with Gasteiger partial charge in [-0.1, -0.05) is 56.9 Å². The number of benzene rings is 1. The van der Waals surface area contributed by atoms with Gasteiger partial charge in [-0.05, 0) is 94.7 Å². The summed E-state index contributed by atoms with van der Waals surface area (Å²) in [5.41, 5.74) is 10.3. The lowest BCUT2D eigenvalue weighted by molar-refractivity contribution is -0.0915. The van der Waals surface area contributed by atoms with E-state index in [1.807, 2.05) is 44.2 Å². The molecule has 39 heavy (non-hydrogen) atoms. The van der Waals surface area contributed by atoms with E-state index < -0.39 is 12.2 Å². The van der Waals surface area contributed by atoms with Crippen LogP contribution in [0.15, 0.2) is 77.7 Å². The fourth-order valence-corrected chi connectivity index (χ4v) is 4.08. The molecular formula is C32H47F2N3O2. The Morgan fingerprint density at radius 2 is 1.97 bits per heavy atom. The van der Waals surface area contributed by atoms with Crippen molar-refractivity contribution < 1.29 is 18.6 Å². The van der Waals surface area contributed by atoms with E-state index in [1.54, 1.807) is 26.1 Å². The molecule has 0 radical (unpaired) electrons. The number of nitrogens with zero attached hydrogens (tertiary/aromatic N) is 1. The number of nitrogens with two attached hydrogens (primary N) is 1. The number of aryl methyl sites for hydroxylation is 1. The third-order valence-electron chi connectivity index (χ3n) is 6.62. The molecule has 7 heteroatoms. The first-order valence-corrected chi connectivity index (χ1v) is 13.4. The fourth-order valence-electron chi connectivity index (χ4n) is 4.08. The number of allylic oxidation sites excluding steroid dienone is 5. The van der Waals surface area contributed by atoms with E-state index in [9.17, 15) is 13.9 Å². The van der Waals surface area contributed by atoms with Crippen LogP contribution in [0.5, 0.6) is 0 Å². The van der Waals surface area contributed by atoms with Crippen molar-refractivity contribution in [2.75, 3.05) is 5.73 Å². The van der Waals surface area contributed by atoms with Gasteiger partial charge in [-0.15, -0.1) is 0 Å². The average Bonchev–Trinajstić information content (AvgIpc) is 2.98. The van der Waals surface area contributed by atoms with E-state index >= 15 is 0 Å². The zero-order chi connectivity index (χ0) is 29.8. The lowest BCUT2D eigenvalue weighted by Crippen LogP contribution is -2.35. The third-order valence-corrected chi connectivity index (χ3v) is 6.62. The number of hydrogen-bond donors (Lipinski definition) is 3. The quantitative estimate of drug-likeness (QED) is 0.129. The minimum absolute atomic E-state index is 0.0226. The summed E-state index contributed by atoms with van der Waals surface area (Å²) in [7, 11) is 0. The Bertz CT molecular complexity index is 1080. The number of alkyl halides is 2. The van der Waals surface area contributed by atoms with Crippen LogP contribution in [0.3, 0.4) is 0 Å². The Morgan fingerprint density at radius 1 is 1.31 bits per heavy atom. The number of anilines is 1. The maximum absolute atomic E-state index is 12.0. The summed E-state index contributed by atoms with van der Waals surface area (Å²) in [4.78, 5) is 4.23. The Labute approximate surface area is 233 Å². The average molecular weight is 544 g/mol. The van der Waals surface area contributed by atoms with Gasteiger partial charge in [0.05, 0.1) is 5.70 Å². The summed E-state index contributed by atoms with van der Waals surface area (Å²) in [6.45, 7) is 18.2. The second-order valence-electron chi connectivity index (χ2n) is 10.6. The van der Waals surface area contributed by atoms with Crippen LogP contribution < -0.4 is 11.1 Å². The molecule has 4 N–H and O–H groups in total. The molecule has 1 heterocycles. The Balaban J connectivity index is 0.000000391. The van der Waals surface area contributed by atoms with Crippen LogP contribution in [0.2, 0.25) is 0 Å². The standard InChI is InChI=1S/C16H25F2NO.C16H22N2O/c1-5-15-10-11(2)9-14(13(4)19-15)8-6-7-12(3)20-16(17)18;1-6-13(10-18-12(3)16(4,5)19)14-7-8-15(17)11(2)9-14/h6-8,11,13,15-16,19H,3,5,9-10H2,1-2,4H3;6-10,19H,3,17H2,1-2,4-5H3/b7-6-,14-8+;13-6+,18-10?. The molecule has 0 bridgehead atoms. The van der Waals surface area contributed by atoms with Crippen molar-refractivity contribution in [3.8, 4) is 0 Å². The topological polar surface area (TPSA) is 79.9 Å². The number of hydrogen-bond acceptors (Lipinski definition) is 5. The molecule has 0 aliphatic carbocycles. The lowest BCUT2D eigenvalue weighted by Gasteiger charge is -2.19. The van der Waals surface area contributed by atoms with E-state index in [-0.39, 0.29) is 5.76 Å². The van der Waals surface area contributed by atoms with Crippen molar-refractivity contribution in [3.05, 3.63) is 83.8 Å². The smallest absolute Gasteiger partial charge is 0.387 e. The number of rotatable bonds is 9. The summed E-state index contributed by atoms with van der Waals surface area (Å²) in [6, 6.07) is 6.71. The predicted octanol–water partition coefficient (Wildman–Crippen LogP) is 7.74. The molecule has 0 spiro atoms. The van der Waals surface area contributed by atoms with Gasteiger partial charge in [0.15, 0.2) is 0 Å². The van der Waals surface area contributed by atoms with Crippen LogP contribution >= 0.6 is 0 Å². The van der Waals surface area contributed by atoms with Crippen LogP contribution in [0.4, 0.5) is 14.5 Å². The summed E-state index contributed by atoms with van der Waals surface area (Å²) in [5.74, 6) is 0.600. The molecule has 1 aromatic rings. The highest BCUT2D eigenvalue weighted by Crippen LogP contribution is 2.25. The summed E-state index contributed by atoms with van der Waals surface area (Å²) >= 11 is 0. The van der Waals surface area contributed by atoms with Crippen molar-refractivity contribution in [2.24, 2.45) is 10.9 Å². The van der Waals surface area contributed by atoms with Gasteiger partial charge in [0.1, 0.15) is 11.4 Å². The molecule has 5 nitrogen and oxygen atoms in total. The highest BCUT2D eigenvalue weighted by Gasteiger charge is 2.22. The minimum Gasteiger partial charge on any atom is -0.435 e. The number of aliphatic imine (C=N–C) groups is 1. The largest absolute Gasteiger partial charge is 0.435 e. The molecule has 1 saturated heterocycles. The predicted molar refractivity (Wildman–Crippen MR) is 162 cm³/mol. The van der Waals surface area contributed by atoms with Crippen molar-refractivity contribution >= 4 is 17.5 Å². The summed E-state index contributed by atoms with van der Waals surface area (Å²) < 4.78 is 28.1. The molecule has 0 amide bonds. The first-order chi connectivity index (χ1) is 18.2. The number of aliphatic hydroxyl groups is 1. The second kappa shape index (κ2) is 16.2. The van der Waals surface area contributed by atoms with Gasteiger partial charge in [-0.2, -0.15) is 8.78 Å². The molecule has 3 atom stereocenters. The molecule has 1 aromatic carbocycles. The normalized spacial score (nSPS) is 21.7. The monoisotopic (exact) mass is 543 g/mol. The molecule has 2 rings (SSSR count). The Kier molecular flexibility index (Phi) is 14.1. The fraction of sp³-hybridized carbons (Fsp3) is 0.469. The SMILES string of the molecule is C=C(/C=C\C=C1/CC(C)CC(CC)NC1C)OC(F)F.C=C(N=C/C(=C\C)c1ccc(N)c(C)c1)C(C)(C)O. The molecule has 1 aliphatic rings. The van der Waals surface area contributed by atoms with Gasteiger partial charge >= 0.3 is 6.61 Å². The third kappa shape index (κ3) is 12.6. The highest BCUT2D eigenvalue weighted by atomic mass is 19.3. The van der Waals surface area contributed by atoms with Crippen molar-refractivity contribution in [3.63, 3.8) is 0 Å². The van der Waals surface area contributed by atoms with E-state index in [2.05, 4.69) is 49.0 Å². The van der Waals surface area contributed by atoms with Gasteiger partial charge in [0.2, 0.25) is 0 Å². The lowest BCUT2D eigenvalue weighted by atomic mass is 9.94. The van der Waals surface area contributed by atoms with Crippen LogP contribution in [-0.4, -0.2) is 35.6 Å². The van der Waals surface area contributed by atoms with Crippen LogP contribution in [0.25, 0.3) is 5.57 Å². The van der Waals surface area contributed by atoms with Gasteiger partial charge in [-0.25, -0.2) is 0 Å². The van der Waals surface area contributed by atoms with Gasteiger partial charge in [0.25, 0.3) is 0 Å². The molecule has 3 unspecified atom stereocenters. The molecule has 1 fully saturated rings. The zero-order valence-electron chi connectivity index (χ0n) is 24.6. The molecule has 216 valence electrons. The van der Waals surface area contributed by atoms with E-state index in [0.29, 0.717) is 23.7 Å². The Morgan fingerprint density at radius 3 is 2.51 bits per heavy atom. The first-order valence-electron chi connectivity index (χ1n) is 13.4. The number of nitrogens with one attached hydrogen (secondary N) is 1. The molecule has 0 aromatic heterocycles. The summed E-state index contributed by atoms with van der Waals surface area (Å²) in [5, 5.41) is 13.4. The van der Waals surface area contributed by atoms with Crippen LogP contribution in [0, 0.1) is 12.8 Å². The maximum atomic E-state index is 12.0. The van der Waals surface area contributed by atoms with Crippen LogP contribution in [0.1, 0.15) is 71.9 Å². The minimum atomic E-state index is -2.82. The number of ether oxygens (including phenoxy) is 1. The van der Waals surface area contributed by atoms with Crippen molar-refractivity contribution in [2.45, 2.75) is 92.0 Å². The Hall–Kier alpha value is -3.03. The first kappa shape index (κ1) is 34.0. The van der Waals surface area contributed by atoms with Gasteiger partial charge in [0, 0.05) is 24.0 Å². The maximum Gasteiger partial charge on any atom is 0.387 e. The highest BCUT2D eigenvalue weighted by molar-refractivity contribution is 6.10. The zero-order valence-corrected chi connectivity index (χ0v) is 24.6. The van der Waals surface area contributed by atoms with E-state index in [0.717, 1.165) is 35.2 Å². The van der Waals surface area contributed by atoms with Crippen LogP contribution in [-0.2, 0) is 4.74 Å². The van der Waals surface area contributed by atoms with E-state index in [4.69, 9.17) is 5.73 Å². The summed E-state index contributed by atoms with van der Waals surface area (Å²) in [6.07, 6.45) is 12.2. The van der Waals surface area contributed by atoms with Crippen molar-refractivity contribution in [1.82, 2.24) is 5.32 Å². The van der Waals surface area contributed by atoms with E-state index in [1.165, 1.54) is 18.1 Å². The van der Waals surface area contributed by atoms with Crippen molar-refractivity contribution in [1.29, 1.82) is 0 Å². The van der Waals surface area contributed by atoms with Gasteiger partial charge < -0.3 is 20.9 Å². The molecule has 0 saturated carbocycles. The molecule has 1 aliphatic heterocycles. The number of halogens is 2. The number of nitrogen functional groups attached to an aromatic ring is 1. The second-order valence-corrected chi connectivity index (χ2v) is 10.6. The van der Waals surface area contributed by atoms with Gasteiger partial charge in [-0.3, -0.25) is 4.99 Å².